The Kier molecular flexibility index (Phi) is 6.19. The molecule has 1 saturated heterocycles. The number of carbonyl (C=O) groups is 2. The Morgan fingerprint density at radius 3 is 2.57 bits per heavy atom. The van der Waals surface area contributed by atoms with Crippen molar-refractivity contribution in [3.8, 4) is 11.5 Å². The molecule has 2 aromatic carbocycles. The van der Waals surface area contributed by atoms with E-state index in [1.54, 1.807) is 4.90 Å². The molecule has 3 rings (SSSR count). The summed E-state index contributed by atoms with van der Waals surface area (Å²) in [5.74, 6) is -0.212. The highest BCUT2D eigenvalue weighted by Crippen LogP contribution is 2.25. The summed E-state index contributed by atoms with van der Waals surface area (Å²) in [6.07, 6.45) is 0.0577. The third kappa shape index (κ3) is 4.82. The summed E-state index contributed by atoms with van der Waals surface area (Å²) in [6, 6.07) is 13.5. The molecule has 1 aliphatic heterocycles. The summed E-state index contributed by atoms with van der Waals surface area (Å²) in [5, 5.41) is 9.12. The molecule has 0 saturated carbocycles. The quantitative estimate of drug-likeness (QED) is 0.709. The topological polar surface area (TPSA) is 76.1 Å². The lowest BCUT2D eigenvalue weighted by molar-refractivity contribution is -0.141. The maximum atomic E-state index is 12.1. The number of carboxylic acids is 1. The van der Waals surface area contributed by atoms with Gasteiger partial charge in [-0.05, 0) is 43.2 Å². The molecular formula is C22H25NO5. The van der Waals surface area contributed by atoms with E-state index >= 15 is 0 Å². The molecule has 6 nitrogen and oxygen atoms in total. The van der Waals surface area contributed by atoms with E-state index in [1.165, 1.54) is 11.1 Å². The van der Waals surface area contributed by atoms with Crippen LogP contribution in [0.5, 0.6) is 11.5 Å². The zero-order valence-electron chi connectivity index (χ0n) is 16.2. The number of nitrogens with zero attached hydrogens (tertiary/aromatic N) is 1. The van der Waals surface area contributed by atoms with Crippen molar-refractivity contribution in [1.29, 1.82) is 0 Å². The number of aliphatic carboxylic acids is 1. The van der Waals surface area contributed by atoms with E-state index in [2.05, 4.69) is 6.92 Å². The first kappa shape index (κ1) is 19.7. The maximum Gasteiger partial charge on any atom is 0.308 e. The number of likely N-dealkylation sites (tertiary alicyclic amines) is 1. The maximum absolute atomic E-state index is 12.1. The van der Waals surface area contributed by atoms with Gasteiger partial charge >= 0.3 is 5.97 Å². The van der Waals surface area contributed by atoms with Crippen molar-refractivity contribution in [2.45, 2.75) is 26.8 Å². The molecular weight excluding hydrogens is 358 g/mol. The van der Waals surface area contributed by atoms with Gasteiger partial charge in [-0.2, -0.15) is 0 Å². The molecule has 1 N–H and O–H groups in total. The minimum atomic E-state index is -0.927. The second-order valence-electron chi connectivity index (χ2n) is 7.06. The van der Waals surface area contributed by atoms with Crippen LogP contribution >= 0.6 is 0 Å². The van der Waals surface area contributed by atoms with Crippen LogP contribution in [0.1, 0.15) is 23.1 Å². The normalized spacial score (nSPS) is 16.3. The number of aryl methyl sites for hydroxylation is 2. The fraction of sp³-hybridized carbons (Fsp3) is 0.364. The van der Waals surface area contributed by atoms with Gasteiger partial charge in [0, 0.05) is 25.1 Å². The Bertz CT molecular complexity index is 864. The van der Waals surface area contributed by atoms with Crippen molar-refractivity contribution in [2.24, 2.45) is 5.92 Å². The second-order valence-corrected chi connectivity index (χ2v) is 7.06. The molecule has 1 aliphatic rings. The van der Waals surface area contributed by atoms with Gasteiger partial charge in [-0.1, -0.05) is 24.3 Å². The standard InChI is InChI=1S/C22H25NO5/c1-15-7-8-19(11-16(15)2)27-9-10-28-20-6-4-3-5-17(20)13-23-14-18(22(25)26)12-21(23)24/h3-8,11,18H,9-10,12-14H2,1-2H3,(H,25,26). The first-order valence-corrected chi connectivity index (χ1v) is 9.35. The van der Waals surface area contributed by atoms with Crippen LogP contribution in [0.25, 0.3) is 0 Å². The highest BCUT2D eigenvalue weighted by Gasteiger charge is 2.34. The van der Waals surface area contributed by atoms with Crippen molar-refractivity contribution in [2.75, 3.05) is 19.8 Å². The van der Waals surface area contributed by atoms with Gasteiger partial charge in [-0.3, -0.25) is 9.59 Å². The number of carbonyl (C=O) groups excluding carboxylic acids is 1. The molecule has 6 heteroatoms. The van der Waals surface area contributed by atoms with Crippen LogP contribution in [0.3, 0.4) is 0 Å². The van der Waals surface area contributed by atoms with Gasteiger partial charge in [0.15, 0.2) is 0 Å². The summed E-state index contributed by atoms with van der Waals surface area (Å²) >= 11 is 0. The van der Waals surface area contributed by atoms with Gasteiger partial charge in [-0.15, -0.1) is 0 Å². The Morgan fingerprint density at radius 1 is 1.11 bits per heavy atom. The lowest BCUT2D eigenvalue weighted by Crippen LogP contribution is -2.26. The van der Waals surface area contributed by atoms with Crippen molar-refractivity contribution in [3.63, 3.8) is 0 Å². The molecule has 0 aliphatic carbocycles. The largest absolute Gasteiger partial charge is 0.490 e. The fourth-order valence-electron chi connectivity index (χ4n) is 3.19. The van der Waals surface area contributed by atoms with Crippen LogP contribution in [-0.4, -0.2) is 41.6 Å². The highest BCUT2D eigenvalue weighted by atomic mass is 16.5. The highest BCUT2D eigenvalue weighted by molar-refractivity contribution is 5.86. The molecule has 1 unspecified atom stereocenters. The van der Waals surface area contributed by atoms with Crippen LogP contribution in [0.4, 0.5) is 0 Å². The SMILES string of the molecule is Cc1ccc(OCCOc2ccccc2CN2CC(C(=O)O)CC2=O)cc1C. The minimum Gasteiger partial charge on any atom is -0.490 e. The lowest BCUT2D eigenvalue weighted by Gasteiger charge is -2.19. The van der Waals surface area contributed by atoms with Crippen LogP contribution in [-0.2, 0) is 16.1 Å². The Morgan fingerprint density at radius 2 is 1.86 bits per heavy atom. The van der Waals surface area contributed by atoms with Crippen molar-refractivity contribution < 1.29 is 24.2 Å². The average Bonchev–Trinajstić information content (AvgIpc) is 3.04. The predicted octanol–water partition coefficient (Wildman–Crippen LogP) is 3.19. The third-order valence-corrected chi connectivity index (χ3v) is 4.99. The van der Waals surface area contributed by atoms with E-state index in [-0.39, 0.29) is 18.9 Å². The van der Waals surface area contributed by atoms with Gasteiger partial charge in [0.05, 0.1) is 5.92 Å². The molecule has 0 bridgehead atoms. The zero-order valence-corrected chi connectivity index (χ0v) is 16.2. The fourth-order valence-corrected chi connectivity index (χ4v) is 3.19. The van der Waals surface area contributed by atoms with E-state index in [4.69, 9.17) is 14.6 Å². The van der Waals surface area contributed by atoms with Crippen molar-refractivity contribution in [1.82, 2.24) is 4.90 Å². The summed E-state index contributed by atoms with van der Waals surface area (Å²) < 4.78 is 11.6. The van der Waals surface area contributed by atoms with E-state index in [9.17, 15) is 9.59 Å². The summed E-state index contributed by atoms with van der Waals surface area (Å²) in [7, 11) is 0. The molecule has 148 valence electrons. The molecule has 1 fully saturated rings. The molecule has 1 atom stereocenters. The van der Waals surface area contributed by atoms with E-state index in [0.29, 0.717) is 25.5 Å². The molecule has 28 heavy (non-hydrogen) atoms. The average molecular weight is 383 g/mol. The Labute approximate surface area is 164 Å². The van der Waals surface area contributed by atoms with Crippen molar-refractivity contribution in [3.05, 3.63) is 59.2 Å². The van der Waals surface area contributed by atoms with Crippen LogP contribution in [0.15, 0.2) is 42.5 Å². The van der Waals surface area contributed by atoms with E-state index in [0.717, 1.165) is 11.3 Å². The number of amides is 1. The molecule has 1 heterocycles. The first-order chi connectivity index (χ1) is 13.4. The number of carboxylic acid groups (broad SMARTS) is 1. The van der Waals surface area contributed by atoms with Crippen molar-refractivity contribution >= 4 is 11.9 Å². The van der Waals surface area contributed by atoms with Gasteiger partial charge in [0.25, 0.3) is 0 Å². The molecule has 1 amide bonds. The molecule has 0 radical (unpaired) electrons. The Hall–Kier alpha value is -3.02. The lowest BCUT2D eigenvalue weighted by atomic mass is 10.1. The summed E-state index contributed by atoms with van der Waals surface area (Å²) in [4.78, 5) is 24.8. The van der Waals surface area contributed by atoms with Gasteiger partial charge < -0.3 is 19.5 Å². The number of rotatable bonds is 8. The molecule has 2 aromatic rings. The summed E-state index contributed by atoms with van der Waals surface area (Å²) in [6.45, 7) is 5.46. The smallest absolute Gasteiger partial charge is 0.308 e. The van der Waals surface area contributed by atoms with Crippen LogP contribution in [0, 0.1) is 19.8 Å². The van der Waals surface area contributed by atoms with Crippen LogP contribution < -0.4 is 9.47 Å². The first-order valence-electron chi connectivity index (χ1n) is 9.35. The predicted molar refractivity (Wildman–Crippen MR) is 105 cm³/mol. The number of benzene rings is 2. The van der Waals surface area contributed by atoms with Gasteiger partial charge in [0.1, 0.15) is 24.7 Å². The third-order valence-electron chi connectivity index (χ3n) is 4.99. The number of para-hydroxylation sites is 1. The monoisotopic (exact) mass is 383 g/mol. The zero-order chi connectivity index (χ0) is 20.1. The molecule has 0 aromatic heterocycles. The number of hydrogen-bond donors (Lipinski definition) is 1. The van der Waals surface area contributed by atoms with E-state index in [1.807, 2.05) is 49.4 Å². The second kappa shape index (κ2) is 8.78. The Balaban J connectivity index is 1.54. The van der Waals surface area contributed by atoms with Crippen LogP contribution in [0.2, 0.25) is 0 Å². The molecule has 0 spiro atoms. The van der Waals surface area contributed by atoms with Gasteiger partial charge in [-0.25, -0.2) is 0 Å². The van der Waals surface area contributed by atoms with E-state index < -0.39 is 11.9 Å². The minimum absolute atomic E-state index is 0.0577. The number of hydrogen-bond acceptors (Lipinski definition) is 4. The number of ether oxygens (including phenoxy) is 2. The van der Waals surface area contributed by atoms with Gasteiger partial charge in [0.2, 0.25) is 5.91 Å². The summed E-state index contributed by atoms with van der Waals surface area (Å²) in [5.41, 5.74) is 3.26.